The molecule has 3 rings (SSSR count). The van der Waals surface area contributed by atoms with Crippen LogP contribution in [0.25, 0.3) is 11.3 Å². The first-order valence-electron chi connectivity index (χ1n) is 8.88. The smallest absolute Gasteiger partial charge is 0.0793 e. The van der Waals surface area contributed by atoms with Crippen molar-refractivity contribution in [3.05, 3.63) is 41.6 Å². The van der Waals surface area contributed by atoms with Crippen LogP contribution in [-0.2, 0) is 11.3 Å². The fourth-order valence-corrected chi connectivity index (χ4v) is 3.34. The molecule has 1 saturated heterocycles. The fourth-order valence-electron chi connectivity index (χ4n) is 3.34. The van der Waals surface area contributed by atoms with Crippen LogP contribution in [-0.4, -0.2) is 77.6 Å². The second-order valence-electron chi connectivity index (χ2n) is 6.90. The normalized spacial score (nSPS) is 17.1. The molecule has 6 heteroatoms. The van der Waals surface area contributed by atoms with Crippen molar-refractivity contribution in [1.29, 1.82) is 0 Å². The molecule has 0 saturated carbocycles. The number of nitrogens with zero attached hydrogens (tertiary/aromatic N) is 3. The van der Waals surface area contributed by atoms with Gasteiger partial charge in [-0.15, -0.1) is 0 Å². The number of aliphatic hydroxyl groups excluding tert-OH is 1. The molecule has 1 aliphatic rings. The van der Waals surface area contributed by atoms with Gasteiger partial charge < -0.3 is 9.84 Å². The summed E-state index contributed by atoms with van der Waals surface area (Å²) in [7, 11) is 2.04. The number of hydrogen-bond acceptors (Lipinski definition) is 5. The van der Waals surface area contributed by atoms with Gasteiger partial charge in [0.1, 0.15) is 0 Å². The van der Waals surface area contributed by atoms with Crippen molar-refractivity contribution < 1.29 is 9.84 Å². The summed E-state index contributed by atoms with van der Waals surface area (Å²) in [4.78, 5) is 4.41. The summed E-state index contributed by atoms with van der Waals surface area (Å²) in [5.41, 5.74) is 4.58. The second-order valence-corrected chi connectivity index (χ2v) is 6.90. The molecule has 1 aromatic carbocycles. The Kier molecular flexibility index (Phi) is 6.20. The summed E-state index contributed by atoms with van der Waals surface area (Å²) in [5, 5.41) is 17.7. The second kappa shape index (κ2) is 8.58. The van der Waals surface area contributed by atoms with E-state index in [1.54, 1.807) is 0 Å². The number of rotatable bonds is 7. The molecule has 0 radical (unpaired) electrons. The maximum atomic E-state index is 10.4. The Bertz CT molecular complexity index is 667. The molecule has 136 valence electrons. The van der Waals surface area contributed by atoms with Crippen LogP contribution in [0, 0.1) is 6.92 Å². The van der Waals surface area contributed by atoms with Crippen LogP contribution in [0.3, 0.4) is 0 Å². The van der Waals surface area contributed by atoms with Crippen LogP contribution < -0.4 is 0 Å². The zero-order valence-electron chi connectivity index (χ0n) is 15.1. The van der Waals surface area contributed by atoms with E-state index in [2.05, 4.69) is 51.2 Å². The van der Waals surface area contributed by atoms with E-state index in [0.717, 1.165) is 49.7 Å². The molecule has 2 aromatic rings. The molecule has 1 fully saturated rings. The van der Waals surface area contributed by atoms with E-state index in [-0.39, 0.29) is 6.10 Å². The highest BCUT2D eigenvalue weighted by Crippen LogP contribution is 2.23. The topological polar surface area (TPSA) is 64.6 Å². The van der Waals surface area contributed by atoms with Gasteiger partial charge in [0, 0.05) is 43.9 Å². The number of nitrogens with one attached hydrogen (secondary N) is 1. The predicted octanol–water partition coefficient (Wildman–Crippen LogP) is 1.51. The quantitative estimate of drug-likeness (QED) is 0.797. The van der Waals surface area contributed by atoms with Gasteiger partial charge in [-0.25, -0.2) is 0 Å². The number of H-pyrrole nitrogens is 1. The summed E-state index contributed by atoms with van der Waals surface area (Å²) in [5.74, 6) is 0. The first-order chi connectivity index (χ1) is 12.1. The van der Waals surface area contributed by atoms with Crippen LogP contribution in [0.4, 0.5) is 0 Å². The molecule has 2 heterocycles. The van der Waals surface area contributed by atoms with E-state index < -0.39 is 0 Å². The average molecular weight is 344 g/mol. The maximum Gasteiger partial charge on any atom is 0.0793 e. The third-order valence-electron chi connectivity index (χ3n) is 4.56. The van der Waals surface area contributed by atoms with Gasteiger partial charge in [-0.1, -0.05) is 23.8 Å². The molecule has 0 spiro atoms. The summed E-state index contributed by atoms with van der Waals surface area (Å²) in [6.07, 6.45) is 1.51. The number of benzene rings is 1. The number of β-amino-alcohol motifs (C(OH)–C–C–N with tert-alkyl or cyclic N) is 1. The van der Waals surface area contributed by atoms with Crippen molar-refractivity contribution in [3.8, 4) is 11.3 Å². The van der Waals surface area contributed by atoms with Crippen molar-refractivity contribution in [2.24, 2.45) is 0 Å². The molecular weight excluding hydrogens is 316 g/mol. The number of morpholine rings is 1. The third-order valence-corrected chi connectivity index (χ3v) is 4.56. The van der Waals surface area contributed by atoms with Crippen molar-refractivity contribution in [3.63, 3.8) is 0 Å². The zero-order chi connectivity index (χ0) is 17.6. The van der Waals surface area contributed by atoms with E-state index in [9.17, 15) is 5.11 Å². The molecule has 0 bridgehead atoms. The number of aromatic amines is 1. The summed E-state index contributed by atoms with van der Waals surface area (Å²) >= 11 is 0. The maximum absolute atomic E-state index is 10.4. The molecule has 6 nitrogen and oxygen atoms in total. The number of likely N-dealkylation sites (N-methyl/N-ethyl adjacent to an activating group) is 1. The van der Waals surface area contributed by atoms with E-state index in [0.29, 0.717) is 13.1 Å². The average Bonchev–Trinajstić information content (AvgIpc) is 3.03. The Balaban J connectivity index is 1.56. The molecule has 1 atom stereocenters. The number of aliphatic hydroxyl groups is 1. The van der Waals surface area contributed by atoms with Gasteiger partial charge in [0.25, 0.3) is 0 Å². The molecule has 25 heavy (non-hydrogen) atoms. The van der Waals surface area contributed by atoms with Gasteiger partial charge in [-0.05, 0) is 20.0 Å². The Morgan fingerprint density at radius 2 is 2.16 bits per heavy atom. The van der Waals surface area contributed by atoms with E-state index >= 15 is 0 Å². The summed E-state index contributed by atoms with van der Waals surface area (Å²) in [6.45, 7) is 7.50. The van der Waals surface area contributed by atoms with E-state index in [1.807, 2.05) is 13.2 Å². The van der Waals surface area contributed by atoms with Crippen LogP contribution >= 0.6 is 0 Å². The highest BCUT2D eigenvalue weighted by atomic mass is 16.5. The fraction of sp³-hybridized carbons (Fsp3) is 0.526. The zero-order valence-corrected chi connectivity index (χ0v) is 15.1. The van der Waals surface area contributed by atoms with E-state index in [4.69, 9.17) is 4.74 Å². The molecular formula is C19H28N4O2. The molecule has 1 unspecified atom stereocenters. The predicted molar refractivity (Wildman–Crippen MR) is 98.4 cm³/mol. The molecule has 0 aliphatic carbocycles. The Labute approximate surface area is 149 Å². The van der Waals surface area contributed by atoms with Crippen molar-refractivity contribution in [1.82, 2.24) is 20.0 Å². The standard InChI is InChI=1S/C19H28N4O2/c1-15-4-3-5-16(10-15)19-17(11-20-21-19)12-22(2)13-18(24)14-23-6-8-25-9-7-23/h3-5,10-11,18,24H,6-9,12-14H2,1-2H3,(H,20,21). The van der Waals surface area contributed by atoms with Crippen molar-refractivity contribution in [2.45, 2.75) is 19.6 Å². The molecule has 2 N–H and O–H groups in total. The largest absolute Gasteiger partial charge is 0.390 e. The molecule has 1 aromatic heterocycles. The highest BCUT2D eigenvalue weighted by molar-refractivity contribution is 5.63. The van der Waals surface area contributed by atoms with Crippen molar-refractivity contribution in [2.75, 3.05) is 46.4 Å². The molecule has 0 amide bonds. The Hall–Kier alpha value is -1.73. The SMILES string of the molecule is Cc1cccc(-c2[nH]ncc2CN(C)CC(O)CN2CCOCC2)c1. The summed E-state index contributed by atoms with van der Waals surface area (Å²) in [6, 6.07) is 8.40. The number of aryl methyl sites for hydroxylation is 1. The minimum absolute atomic E-state index is 0.363. The highest BCUT2D eigenvalue weighted by Gasteiger charge is 2.17. The third kappa shape index (κ3) is 5.12. The van der Waals surface area contributed by atoms with Gasteiger partial charge in [-0.3, -0.25) is 14.9 Å². The molecule has 1 aliphatic heterocycles. The van der Waals surface area contributed by atoms with Crippen molar-refractivity contribution >= 4 is 0 Å². The van der Waals surface area contributed by atoms with Gasteiger partial charge >= 0.3 is 0 Å². The first-order valence-corrected chi connectivity index (χ1v) is 8.88. The van der Waals surface area contributed by atoms with Crippen LogP contribution in [0.5, 0.6) is 0 Å². The van der Waals surface area contributed by atoms with Crippen LogP contribution in [0.1, 0.15) is 11.1 Å². The minimum atomic E-state index is -0.363. The van der Waals surface area contributed by atoms with E-state index in [1.165, 1.54) is 5.56 Å². The van der Waals surface area contributed by atoms with Crippen LogP contribution in [0.2, 0.25) is 0 Å². The van der Waals surface area contributed by atoms with Gasteiger partial charge in [-0.2, -0.15) is 5.10 Å². The number of hydrogen-bond donors (Lipinski definition) is 2. The number of ether oxygens (including phenoxy) is 1. The summed E-state index contributed by atoms with van der Waals surface area (Å²) < 4.78 is 5.35. The van der Waals surface area contributed by atoms with Crippen LogP contribution in [0.15, 0.2) is 30.5 Å². The minimum Gasteiger partial charge on any atom is -0.390 e. The lowest BCUT2D eigenvalue weighted by Gasteiger charge is -2.30. The van der Waals surface area contributed by atoms with Gasteiger partial charge in [0.2, 0.25) is 0 Å². The van der Waals surface area contributed by atoms with Gasteiger partial charge in [0.15, 0.2) is 0 Å². The number of aromatic nitrogens is 2. The van der Waals surface area contributed by atoms with Gasteiger partial charge in [0.05, 0.1) is 31.2 Å². The lowest BCUT2D eigenvalue weighted by Crippen LogP contribution is -2.43. The lowest BCUT2D eigenvalue weighted by atomic mass is 10.1. The lowest BCUT2D eigenvalue weighted by molar-refractivity contribution is 0.00826. The Morgan fingerprint density at radius 1 is 1.36 bits per heavy atom. The Morgan fingerprint density at radius 3 is 2.92 bits per heavy atom. The first kappa shape index (κ1) is 18.1. The monoisotopic (exact) mass is 344 g/mol.